The molecule has 10 heteroatoms. The summed E-state index contributed by atoms with van der Waals surface area (Å²) in [5, 5.41) is 14.1. The summed E-state index contributed by atoms with van der Waals surface area (Å²) in [7, 11) is 0. The largest absolute Gasteiger partial charge is 0.338 e. The molecule has 0 fully saturated rings. The molecule has 0 N–H and O–H groups in total. The zero-order valence-electron chi connectivity index (χ0n) is 18.9. The third kappa shape index (κ3) is 3.58. The summed E-state index contributed by atoms with van der Waals surface area (Å²) in [6, 6.07) is 18.9. The van der Waals surface area contributed by atoms with Crippen LogP contribution in [0.5, 0.6) is 0 Å². The van der Waals surface area contributed by atoms with Crippen molar-refractivity contribution in [2.75, 3.05) is 0 Å². The number of fused-ring (bicyclic) bond motifs is 3. The second-order valence-corrected chi connectivity index (χ2v) is 8.95. The van der Waals surface area contributed by atoms with E-state index in [2.05, 4.69) is 25.3 Å². The zero-order valence-corrected chi connectivity index (χ0v) is 19.7. The second kappa shape index (κ2) is 8.48. The SMILES string of the molecule is Cc1cccc(-n2c(=O)c3ccccc3n3c(SCc4nc(-c5ccccn5)no4)nnc23)c1C. The van der Waals surface area contributed by atoms with Gasteiger partial charge in [-0.2, -0.15) is 4.98 Å². The second-order valence-electron chi connectivity index (χ2n) is 8.01. The number of para-hydroxylation sites is 1. The lowest BCUT2D eigenvalue weighted by molar-refractivity contribution is 0.391. The minimum atomic E-state index is -0.136. The van der Waals surface area contributed by atoms with Crippen LogP contribution in [0, 0.1) is 13.8 Å². The van der Waals surface area contributed by atoms with Crippen LogP contribution in [0.4, 0.5) is 0 Å². The number of hydrogen-bond donors (Lipinski definition) is 0. The van der Waals surface area contributed by atoms with Crippen LogP contribution in [-0.2, 0) is 5.75 Å². The molecule has 0 unspecified atom stereocenters. The van der Waals surface area contributed by atoms with E-state index in [1.165, 1.54) is 11.8 Å². The maximum absolute atomic E-state index is 13.6. The number of thioether (sulfide) groups is 1. The van der Waals surface area contributed by atoms with Crippen LogP contribution in [0.25, 0.3) is 33.9 Å². The van der Waals surface area contributed by atoms with Gasteiger partial charge in [-0.05, 0) is 55.3 Å². The van der Waals surface area contributed by atoms with Crippen molar-refractivity contribution in [2.45, 2.75) is 24.8 Å². The van der Waals surface area contributed by atoms with Crippen LogP contribution in [-0.4, -0.2) is 34.3 Å². The molecule has 35 heavy (non-hydrogen) atoms. The van der Waals surface area contributed by atoms with Gasteiger partial charge in [0.15, 0.2) is 5.16 Å². The predicted molar refractivity (Wildman–Crippen MR) is 133 cm³/mol. The molecular formula is C25H19N7O2S. The minimum Gasteiger partial charge on any atom is -0.338 e. The van der Waals surface area contributed by atoms with Crippen molar-refractivity contribution in [3.05, 3.63) is 94.2 Å². The maximum Gasteiger partial charge on any atom is 0.267 e. The van der Waals surface area contributed by atoms with Gasteiger partial charge < -0.3 is 4.52 Å². The van der Waals surface area contributed by atoms with E-state index < -0.39 is 0 Å². The van der Waals surface area contributed by atoms with Crippen LogP contribution >= 0.6 is 11.8 Å². The van der Waals surface area contributed by atoms with Crippen molar-refractivity contribution in [1.29, 1.82) is 0 Å². The van der Waals surface area contributed by atoms with Gasteiger partial charge in [0.1, 0.15) is 5.69 Å². The highest BCUT2D eigenvalue weighted by Gasteiger charge is 2.20. The fourth-order valence-corrected chi connectivity index (χ4v) is 4.78. The van der Waals surface area contributed by atoms with Gasteiger partial charge >= 0.3 is 0 Å². The summed E-state index contributed by atoms with van der Waals surface area (Å²) in [6.45, 7) is 4.03. The molecule has 0 radical (unpaired) electrons. The Hall–Kier alpha value is -4.31. The third-order valence-corrected chi connectivity index (χ3v) is 6.81. The van der Waals surface area contributed by atoms with Gasteiger partial charge in [0.25, 0.3) is 5.56 Å². The lowest BCUT2D eigenvalue weighted by atomic mass is 10.1. The molecule has 172 valence electrons. The van der Waals surface area contributed by atoms with Crippen molar-refractivity contribution in [3.8, 4) is 17.2 Å². The smallest absolute Gasteiger partial charge is 0.267 e. The molecule has 0 bridgehead atoms. The lowest BCUT2D eigenvalue weighted by Gasteiger charge is -2.14. The Morgan fingerprint density at radius 2 is 1.83 bits per heavy atom. The third-order valence-electron chi connectivity index (χ3n) is 5.90. The van der Waals surface area contributed by atoms with Crippen molar-refractivity contribution in [2.24, 2.45) is 0 Å². The summed E-state index contributed by atoms with van der Waals surface area (Å²) < 4.78 is 8.96. The molecule has 6 rings (SSSR count). The van der Waals surface area contributed by atoms with E-state index in [0.29, 0.717) is 39.5 Å². The molecule has 4 heterocycles. The van der Waals surface area contributed by atoms with Crippen molar-refractivity contribution in [1.82, 2.24) is 34.3 Å². The molecule has 0 aliphatic heterocycles. The minimum absolute atomic E-state index is 0.136. The van der Waals surface area contributed by atoms with Crippen molar-refractivity contribution in [3.63, 3.8) is 0 Å². The van der Waals surface area contributed by atoms with Gasteiger partial charge in [-0.3, -0.25) is 14.2 Å². The van der Waals surface area contributed by atoms with Crippen LogP contribution in [0.3, 0.4) is 0 Å². The van der Waals surface area contributed by atoms with E-state index in [-0.39, 0.29) is 5.56 Å². The maximum atomic E-state index is 13.6. The predicted octanol–water partition coefficient (Wildman–Crippen LogP) is 4.39. The molecule has 0 aliphatic rings. The van der Waals surface area contributed by atoms with Gasteiger partial charge in [0, 0.05) is 6.20 Å². The van der Waals surface area contributed by atoms with Crippen LogP contribution < -0.4 is 5.56 Å². The first-order valence-corrected chi connectivity index (χ1v) is 11.9. The Morgan fingerprint density at radius 1 is 0.971 bits per heavy atom. The van der Waals surface area contributed by atoms with E-state index in [1.807, 2.05) is 78.9 Å². The van der Waals surface area contributed by atoms with Gasteiger partial charge in [-0.15, -0.1) is 10.2 Å². The molecule has 9 nitrogen and oxygen atoms in total. The first kappa shape index (κ1) is 21.2. The number of nitrogens with zero attached hydrogens (tertiary/aromatic N) is 7. The summed E-state index contributed by atoms with van der Waals surface area (Å²) in [5.41, 5.74) is 4.13. The number of rotatable bonds is 5. The Bertz CT molecular complexity index is 1760. The molecule has 2 aromatic carbocycles. The van der Waals surface area contributed by atoms with Gasteiger partial charge in [-0.1, -0.05) is 47.3 Å². The molecule has 4 aromatic heterocycles. The van der Waals surface area contributed by atoms with E-state index in [9.17, 15) is 4.79 Å². The van der Waals surface area contributed by atoms with Gasteiger partial charge in [0.2, 0.25) is 17.5 Å². The topological polar surface area (TPSA) is 104 Å². The summed E-state index contributed by atoms with van der Waals surface area (Å²) in [6.07, 6.45) is 1.68. The number of benzene rings is 2. The Labute approximate surface area is 203 Å². The lowest BCUT2D eigenvalue weighted by Crippen LogP contribution is -2.22. The first-order chi connectivity index (χ1) is 17.1. The molecule has 6 aromatic rings. The monoisotopic (exact) mass is 481 g/mol. The van der Waals surface area contributed by atoms with E-state index in [4.69, 9.17) is 4.52 Å². The Morgan fingerprint density at radius 3 is 2.69 bits per heavy atom. The van der Waals surface area contributed by atoms with Crippen molar-refractivity contribution >= 4 is 28.4 Å². The zero-order chi connectivity index (χ0) is 23.9. The molecule has 0 saturated carbocycles. The fourth-order valence-electron chi connectivity index (χ4n) is 4.01. The average molecular weight is 482 g/mol. The fraction of sp³-hybridized carbons (Fsp3) is 0.120. The van der Waals surface area contributed by atoms with Crippen LogP contribution in [0.1, 0.15) is 17.0 Å². The van der Waals surface area contributed by atoms with Gasteiger partial charge in [-0.25, -0.2) is 4.57 Å². The van der Waals surface area contributed by atoms with Gasteiger partial charge in [0.05, 0.1) is 22.3 Å². The normalized spacial score (nSPS) is 11.5. The van der Waals surface area contributed by atoms with Crippen molar-refractivity contribution < 1.29 is 4.52 Å². The highest BCUT2D eigenvalue weighted by molar-refractivity contribution is 7.98. The molecule has 0 saturated heterocycles. The standard InChI is InChI=1S/C25H19N7O2S/c1-15-8-7-12-19(16(15)2)31-23(33)17-9-3-4-11-20(17)32-24(31)28-29-25(32)35-14-21-27-22(30-34-21)18-10-5-6-13-26-18/h3-13H,14H2,1-2H3. The number of aromatic nitrogens is 7. The summed E-state index contributed by atoms with van der Waals surface area (Å²) >= 11 is 1.41. The molecule has 0 atom stereocenters. The summed E-state index contributed by atoms with van der Waals surface area (Å²) in [5.74, 6) is 1.71. The van der Waals surface area contributed by atoms with E-state index in [1.54, 1.807) is 10.8 Å². The number of pyridine rings is 1. The molecular weight excluding hydrogens is 462 g/mol. The Balaban J connectivity index is 1.45. The van der Waals surface area contributed by atoms with Crippen LogP contribution in [0.15, 0.2) is 81.3 Å². The first-order valence-electron chi connectivity index (χ1n) is 10.9. The highest BCUT2D eigenvalue weighted by Crippen LogP contribution is 2.27. The highest BCUT2D eigenvalue weighted by atomic mass is 32.2. The summed E-state index contributed by atoms with van der Waals surface area (Å²) in [4.78, 5) is 22.3. The molecule has 0 spiro atoms. The Kier molecular flexibility index (Phi) is 5.14. The van der Waals surface area contributed by atoms with Crippen LogP contribution in [0.2, 0.25) is 0 Å². The molecule has 0 amide bonds. The number of aryl methyl sites for hydroxylation is 1. The van der Waals surface area contributed by atoms with E-state index in [0.717, 1.165) is 22.3 Å². The number of hydrogen-bond acceptors (Lipinski definition) is 8. The van der Waals surface area contributed by atoms with E-state index >= 15 is 0 Å². The quantitative estimate of drug-likeness (QED) is 0.334. The average Bonchev–Trinajstić information content (AvgIpc) is 3.53. The molecule has 0 aliphatic carbocycles.